The molecule has 4 heterocycles. The summed E-state index contributed by atoms with van der Waals surface area (Å²) in [6.07, 6.45) is 3.08. The average Bonchev–Trinajstić information content (AvgIpc) is 3.45. The van der Waals surface area contributed by atoms with Gasteiger partial charge < -0.3 is 29.5 Å². The highest BCUT2D eigenvalue weighted by molar-refractivity contribution is 7.16. The molecule has 1 saturated heterocycles. The molecule has 0 saturated carbocycles. The molecular formula is C21H24N4O4S. The second kappa shape index (κ2) is 8.63. The maximum absolute atomic E-state index is 10.3. The van der Waals surface area contributed by atoms with Crippen LogP contribution in [0.15, 0.2) is 36.0 Å². The molecule has 1 fully saturated rings. The first-order chi connectivity index (χ1) is 14.8. The number of aromatic nitrogens is 2. The van der Waals surface area contributed by atoms with Gasteiger partial charge in [0.05, 0.1) is 5.39 Å². The zero-order chi connectivity index (χ0) is 20.3. The Hall–Kier alpha value is -2.62. The minimum Gasteiger partial charge on any atom is -0.491 e. The number of aliphatic hydroxyl groups is 1. The van der Waals surface area contributed by atoms with Crippen LogP contribution in [0.1, 0.15) is 12.8 Å². The van der Waals surface area contributed by atoms with Crippen LogP contribution in [0.4, 0.5) is 5.82 Å². The SMILES string of the molecule is OC(CNC1CCN(c2ncnc3sccc23)CC1)COc1ccc2c(c1)OCO2. The van der Waals surface area contributed by atoms with Gasteiger partial charge in [0, 0.05) is 31.7 Å². The van der Waals surface area contributed by atoms with E-state index in [1.165, 1.54) is 0 Å². The fourth-order valence-electron chi connectivity index (χ4n) is 3.85. The summed E-state index contributed by atoms with van der Waals surface area (Å²) in [7, 11) is 0. The number of hydrogen-bond acceptors (Lipinski definition) is 9. The molecule has 9 heteroatoms. The Labute approximate surface area is 178 Å². The maximum atomic E-state index is 10.3. The van der Waals surface area contributed by atoms with Gasteiger partial charge in [-0.05, 0) is 36.4 Å². The van der Waals surface area contributed by atoms with E-state index < -0.39 is 6.10 Å². The van der Waals surface area contributed by atoms with Gasteiger partial charge in [-0.1, -0.05) is 0 Å². The minimum atomic E-state index is -0.583. The zero-order valence-corrected chi connectivity index (χ0v) is 17.3. The molecule has 0 radical (unpaired) electrons. The van der Waals surface area contributed by atoms with Crippen LogP contribution in [0.2, 0.25) is 0 Å². The van der Waals surface area contributed by atoms with Crippen molar-refractivity contribution in [1.82, 2.24) is 15.3 Å². The van der Waals surface area contributed by atoms with E-state index in [0.29, 0.717) is 24.1 Å². The third-order valence-electron chi connectivity index (χ3n) is 5.46. The van der Waals surface area contributed by atoms with E-state index in [4.69, 9.17) is 14.2 Å². The highest BCUT2D eigenvalue weighted by atomic mass is 32.1. The monoisotopic (exact) mass is 428 g/mol. The third-order valence-corrected chi connectivity index (χ3v) is 6.28. The van der Waals surface area contributed by atoms with Gasteiger partial charge in [-0.3, -0.25) is 0 Å². The molecule has 2 aliphatic heterocycles. The summed E-state index contributed by atoms with van der Waals surface area (Å²) in [4.78, 5) is 12.2. The molecule has 30 heavy (non-hydrogen) atoms. The maximum Gasteiger partial charge on any atom is 0.231 e. The van der Waals surface area contributed by atoms with Gasteiger partial charge in [-0.2, -0.15) is 0 Å². The Balaban J connectivity index is 1.06. The molecule has 2 aromatic heterocycles. The highest BCUT2D eigenvalue weighted by Crippen LogP contribution is 2.35. The number of aliphatic hydroxyl groups excluding tert-OH is 1. The summed E-state index contributed by atoms with van der Waals surface area (Å²) in [5.74, 6) is 3.08. The molecule has 0 amide bonds. The fourth-order valence-corrected chi connectivity index (χ4v) is 4.57. The smallest absolute Gasteiger partial charge is 0.231 e. The summed E-state index contributed by atoms with van der Waals surface area (Å²) >= 11 is 1.64. The van der Waals surface area contributed by atoms with E-state index in [0.717, 1.165) is 47.7 Å². The standard InChI is InChI=1S/C21H24N4O4S/c26-15(11-27-16-1-2-18-19(9-16)29-13-28-18)10-22-14-3-6-25(7-4-14)20-17-5-8-30-21(17)24-12-23-20/h1-2,5,8-9,12,14-15,22,26H,3-4,6-7,10-11,13H2. The van der Waals surface area contributed by atoms with Crippen molar-refractivity contribution in [2.24, 2.45) is 0 Å². The van der Waals surface area contributed by atoms with Gasteiger partial charge in [0.25, 0.3) is 0 Å². The van der Waals surface area contributed by atoms with E-state index in [1.807, 2.05) is 12.1 Å². The topological polar surface area (TPSA) is 89.0 Å². The first-order valence-corrected chi connectivity index (χ1v) is 11.0. The molecule has 5 rings (SSSR count). The number of rotatable bonds is 7. The summed E-state index contributed by atoms with van der Waals surface area (Å²) in [6.45, 7) is 2.83. The average molecular weight is 429 g/mol. The number of piperidine rings is 1. The number of nitrogens with one attached hydrogen (secondary N) is 1. The van der Waals surface area contributed by atoms with Crippen molar-refractivity contribution in [3.8, 4) is 17.2 Å². The van der Waals surface area contributed by atoms with Gasteiger partial charge in [0.2, 0.25) is 6.79 Å². The predicted molar refractivity (Wildman–Crippen MR) is 115 cm³/mol. The Morgan fingerprint density at radius 2 is 2.07 bits per heavy atom. The molecule has 0 spiro atoms. The fraction of sp³-hybridized carbons (Fsp3) is 0.429. The van der Waals surface area contributed by atoms with E-state index >= 15 is 0 Å². The molecule has 3 aromatic rings. The first kappa shape index (κ1) is 19.3. The third kappa shape index (κ3) is 4.14. The van der Waals surface area contributed by atoms with E-state index in [2.05, 4.69) is 31.6 Å². The summed E-state index contributed by atoms with van der Waals surface area (Å²) in [5, 5.41) is 17.0. The van der Waals surface area contributed by atoms with Crippen LogP contribution in [-0.2, 0) is 0 Å². The van der Waals surface area contributed by atoms with Crippen molar-refractivity contribution in [2.45, 2.75) is 25.0 Å². The number of hydrogen-bond donors (Lipinski definition) is 2. The molecule has 1 unspecified atom stereocenters. The van der Waals surface area contributed by atoms with Crippen LogP contribution in [-0.4, -0.2) is 60.3 Å². The number of thiophene rings is 1. The summed E-state index contributed by atoms with van der Waals surface area (Å²) in [6, 6.07) is 7.89. The quantitative estimate of drug-likeness (QED) is 0.593. The van der Waals surface area contributed by atoms with Gasteiger partial charge in [-0.15, -0.1) is 11.3 Å². The molecule has 8 nitrogen and oxygen atoms in total. The predicted octanol–water partition coefficient (Wildman–Crippen LogP) is 2.42. The molecule has 0 aliphatic carbocycles. The highest BCUT2D eigenvalue weighted by Gasteiger charge is 2.22. The van der Waals surface area contributed by atoms with E-state index in [-0.39, 0.29) is 13.4 Å². The molecule has 1 aromatic carbocycles. The molecule has 1 atom stereocenters. The van der Waals surface area contributed by atoms with E-state index in [1.54, 1.807) is 23.7 Å². The Bertz CT molecular complexity index is 1010. The van der Waals surface area contributed by atoms with Crippen molar-refractivity contribution in [1.29, 1.82) is 0 Å². The second-order valence-electron chi connectivity index (χ2n) is 7.49. The first-order valence-electron chi connectivity index (χ1n) is 10.1. The van der Waals surface area contributed by atoms with Gasteiger partial charge in [-0.25, -0.2) is 9.97 Å². The van der Waals surface area contributed by atoms with E-state index in [9.17, 15) is 5.11 Å². The lowest BCUT2D eigenvalue weighted by molar-refractivity contribution is 0.102. The normalized spacial score (nSPS) is 17.4. The van der Waals surface area contributed by atoms with Gasteiger partial charge in [0.15, 0.2) is 11.5 Å². The van der Waals surface area contributed by atoms with Crippen molar-refractivity contribution in [2.75, 3.05) is 37.9 Å². The number of benzene rings is 1. The van der Waals surface area contributed by atoms with Crippen LogP contribution in [0.5, 0.6) is 17.2 Å². The molecule has 158 valence electrons. The number of ether oxygens (including phenoxy) is 3. The zero-order valence-electron chi connectivity index (χ0n) is 16.5. The van der Waals surface area contributed by atoms with Crippen molar-refractivity contribution < 1.29 is 19.3 Å². The van der Waals surface area contributed by atoms with Crippen LogP contribution in [0.25, 0.3) is 10.2 Å². The van der Waals surface area contributed by atoms with Crippen molar-refractivity contribution >= 4 is 27.4 Å². The lowest BCUT2D eigenvalue weighted by Gasteiger charge is -2.33. The van der Waals surface area contributed by atoms with Crippen LogP contribution in [0, 0.1) is 0 Å². The Morgan fingerprint density at radius 3 is 2.97 bits per heavy atom. The Morgan fingerprint density at radius 1 is 1.20 bits per heavy atom. The van der Waals surface area contributed by atoms with Crippen LogP contribution in [0.3, 0.4) is 0 Å². The minimum absolute atomic E-state index is 0.225. The van der Waals surface area contributed by atoms with Gasteiger partial charge in [0.1, 0.15) is 35.4 Å². The number of nitrogens with zero attached hydrogens (tertiary/aromatic N) is 3. The molecule has 0 bridgehead atoms. The molecule has 2 aliphatic rings. The van der Waals surface area contributed by atoms with Gasteiger partial charge >= 0.3 is 0 Å². The molecule has 2 N–H and O–H groups in total. The van der Waals surface area contributed by atoms with Crippen molar-refractivity contribution in [3.63, 3.8) is 0 Å². The summed E-state index contributed by atoms with van der Waals surface area (Å²) in [5.41, 5.74) is 0. The Kier molecular flexibility index (Phi) is 5.56. The lowest BCUT2D eigenvalue weighted by atomic mass is 10.0. The van der Waals surface area contributed by atoms with Crippen LogP contribution < -0.4 is 24.4 Å². The summed E-state index contributed by atoms with van der Waals surface area (Å²) < 4.78 is 16.3. The number of fused-ring (bicyclic) bond motifs is 2. The number of anilines is 1. The van der Waals surface area contributed by atoms with Crippen LogP contribution >= 0.6 is 11.3 Å². The van der Waals surface area contributed by atoms with Crippen molar-refractivity contribution in [3.05, 3.63) is 36.0 Å². The lowest BCUT2D eigenvalue weighted by Crippen LogP contribution is -2.45. The molecular weight excluding hydrogens is 404 g/mol. The second-order valence-corrected chi connectivity index (χ2v) is 8.38. The largest absolute Gasteiger partial charge is 0.491 e.